The van der Waals surface area contributed by atoms with Gasteiger partial charge in [0.05, 0.1) is 4.90 Å². The second kappa shape index (κ2) is 6.85. The van der Waals surface area contributed by atoms with E-state index in [0.717, 1.165) is 49.8 Å². The highest BCUT2D eigenvalue weighted by Gasteiger charge is 2.27. The number of sulfonamides is 1. The fraction of sp³-hybridized carbons (Fsp3) is 0.444. The number of carbonyl (C=O) groups excluding carboxylic acids is 1. The molecule has 0 spiro atoms. The van der Waals surface area contributed by atoms with Crippen molar-refractivity contribution < 1.29 is 13.2 Å². The maximum Gasteiger partial charge on any atom is 0.276 e. The van der Waals surface area contributed by atoms with Gasteiger partial charge in [-0.3, -0.25) is 9.89 Å². The average Bonchev–Trinajstić information content (AvgIpc) is 3.32. The van der Waals surface area contributed by atoms with Crippen LogP contribution in [0.5, 0.6) is 0 Å². The summed E-state index contributed by atoms with van der Waals surface area (Å²) in [5.74, 6) is -0.305. The molecule has 2 aliphatic rings. The summed E-state index contributed by atoms with van der Waals surface area (Å²) in [5, 5.41) is 9.91. The lowest BCUT2D eigenvalue weighted by atomic mass is 9.96. The molecule has 7 nitrogen and oxygen atoms in total. The quantitative estimate of drug-likeness (QED) is 0.859. The number of nitrogens with zero attached hydrogens (tertiary/aromatic N) is 2. The van der Waals surface area contributed by atoms with Crippen LogP contribution in [-0.4, -0.2) is 41.9 Å². The molecule has 0 bridgehead atoms. The van der Waals surface area contributed by atoms with Gasteiger partial charge in [-0.05, 0) is 56.7 Å². The molecule has 2 N–H and O–H groups in total. The van der Waals surface area contributed by atoms with Crippen molar-refractivity contribution in [1.82, 2.24) is 14.5 Å². The molecule has 1 amide bonds. The zero-order valence-corrected chi connectivity index (χ0v) is 15.3. The molecule has 1 aliphatic carbocycles. The summed E-state index contributed by atoms with van der Waals surface area (Å²) in [7, 11) is -3.50. The van der Waals surface area contributed by atoms with E-state index in [2.05, 4.69) is 15.5 Å². The van der Waals surface area contributed by atoms with Crippen LogP contribution in [-0.2, 0) is 22.9 Å². The number of hydrogen-bond donors (Lipinski definition) is 2. The second-order valence-corrected chi connectivity index (χ2v) is 8.77. The van der Waals surface area contributed by atoms with Gasteiger partial charge in [0.15, 0.2) is 5.69 Å². The van der Waals surface area contributed by atoms with E-state index in [1.165, 1.54) is 10.4 Å². The molecular formula is C18H22N4O3S. The number of rotatable bonds is 4. The number of fused-ring (bicyclic) bond motifs is 1. The standard InChI is InChI=1S/C18H22N4O3S/c23-18(17-15-8-1-2-9-16(15)20-21-17)19-13-6-5-7-14(12-13)26(24,25)22-10-3-4-11-22/h5-7,12H,1-4,8-11H2,(H,19,23)(H,20,21). The topological polar surface area (TPSA) is 95.2 Å². The lowest BCUT2D eigenvalue weighted by Crippen LogP contribution is -2.28. The van der Waals surface area contributed by atoms with Gasteiger partial charge in [0, 0.05) is 30.0 Å². The summed E-state index contributed by atoms with van der Waals surface area (Å²) >= 11 is 0. The third kappa shape index (κ3) is 3.14. The molecule has 0 saturated carbocycles. The van der Waals surface area contributed by atoms with Crippen LogP contribution >= 0.6 is 0 Å². The maximum atomic E-state index is 12.7. The number of aryl methyl sites for hydroxylation is 1. The largest absolute Gasteiger partial charge is 0.321 e. The first-order valence-corrected chi connectivity index (χ1v) is 10.5. The van der Waals surface area contributed by atoms with Gasteiger partial charge in [-0.2, -0.15) is 9.40 Å². The number of hydrogen-bond acceptors (Lipinski definition) is 4. The number of benzene rings is 1. The van der Waals surface area contributed by atoms with Crippen LogP contribution in [0.2, 0.25) is 0 Å². The van der Waals surface area contributed by atoms with Gasteiger partial charge in [-0.15, -0.1) is 0 Å². The van der Waals surface area contributed by atoms with E-state index in [1.54, 1.807) is 18.2 Å². The van der Waals surface area contributed by atoms with Crippen LogP contribution in [0.1, 0.15) is 47.4 Å². The Kier molecular flexibility index (Phi) is 4.54. The van der Waals surface area contributed by atoms with Crippen LogP contribution in [0, 0.1) is 0 Å². The predicted molar refractivity (Wildman–Crippen MR) is 97.6 cm³/mol. The van der Waals surface area contributed by atoms with E-state index >= 15 is 0 Å². The molecule has 1 fully saturated rings. The van der Waals surface area contributed by atoms with Crippen LogP contribution in [0.3, 0.4) is 0 Å². The van der Waals surface area contributed by atoms with Gasteiger partial charge in [0.2, 0.25) is 10.0 Å². The van der Waals surface area contributed by atoms with Crippen molar-refractivity contribution in [2.45, 2.75) is 43.4 Å². The van der Waals surface area contributed by atoms with Gasteiger partial charge >= 0.3 is 0 Å². The zero-order valence-electron chi connectivity index (χ0n) is 14.5. The van der Waals surface area contributed by atoms with E-state index in [0.29, 0.717) is 24.5 Å². The van der Waals surface area contributed by atoms with Crippen LogP contribution in [0.25, 0.3) is 0 Å². The highest BCUT2D eigenvalue weighted by Crippen LogP contribution is 2.25. The molecule has 26 heavy (non-hydrogen) atoms. The van der Waals surface area contributed by atoms with Crippen molar-refractivity contribution >= 4 is 21.6 Å². The second-order valence-electron chi connectivity index (χ2n) is 6.83. The van der Waals surface area contributed by atoms with E-state index in [1.807, 2.05) is 0 Å². The first-order valence-electron chi connectivity index (χ1n) is 9.03. The van der Waals surface area contributed by atoms with Crippen LogP contribution < -0.4 is 5.32 Å². The number of anilines is 1. The summed E-state index contributed by atoms with van der Waals surface area (Å²) in [5.41, 5.74) is 2.89. The molecule has 1 aromatic carbocycles. The highest BCUT2D eigenvalue weighted by atomic mass is 32.2. The van der Waals surface area contributed by atoms with Crippen molar-refractivity contribution in [1.29, 1.82) is 0 Å². The van der Waals surface area contributed by atoms with E-state index in [4.69, 9.17) is 0 Å². The van der Waals surface area contributed by atoms with Gasteiger partial charge < -0.3 is 5.32 Å². The summed E-state index contributed by atoms with van der Waals surface area (Å²) in [4.78, 5) is 12.8. The zero-order chi connectivity index (χ0) is 18.1. The number of aromatic nitrogens is 2. The molecule has 0 atom stereocenters. The summed E-state index contributed by atoms with van der Waals surface area (Å²) in [6.07, 6.45) is 5.69. The summed E-state index contributed by atoms with van der Waals surface area (Å²) < 4.78 is 26.9. The molecule has 2 heterocycles. The fourth-order valence-electron chi connectivity index (χ4n) is 3.67. The van der Waals surface area contributed by atoms with Crippen molar-refractivity contribution in [3.05, 3.63) is 41.2 Å². The van der Waals surface area contributed by atoms with Crippen LogP contribution in [0.15, 0.2) is 29.2 Å². The normalized spacial score (nSPS) is 17.8. The molecule has 1 aromatic heterocycles. The van der Waals surface area contributed by atoms with Crippen molar-refractivity contribution in [2.75, 3.05) is 18.4 Å². The summed E-state index contributed by atoms with van der Waals surface area (Å²) in [6.45, 7) is 1.11. The number of nitrogens with one attached hydrogen (secondary N) is 2. The molecule has 8 heteroatoms. The smallest absolute Gasteiger partial charge is 0.276 e. The first kappa shape index (κ1) is 17.2. The van der Waals surface area contributed by atoms with Crippen molar-refractivity contribution in [3.63, 3.8) is 0 Å². The molecule has 138 valence electrons. The minimum Gasteiger partial charge on any atom is -0.321 e. The molecule has 1 saturated heterocycles. The Morgan fingerprint density at radius 2 is 1.88 bits per heavy atom. The third-order valence-corrected chi connectivity index (χ3v) is 6.96. The van der Waals surface area contributed by atoms with Gasteiger partial charge in [-0.25, -0.2) is 8.42 Å². The lowest BCUT2D eigenvalue weighted by Gasteiger charge is -2.16. The molecule has 0 radical (unpaired) electrons. The Labute approximate surface area is 152 Å². The molecule has 0 unspecified atom stereocenters. The monoisotopic (exact) mass is 374 g/mol. The first-order chi connectivity index (χ1) is 12.6. The third-order valence-electron chi connectivity index (χ3n) is 5.07. The van der Waals surface area contributed by atoms with Gasteiger partial charge in [0.25, 0.3) is 5.91 Å². The van der Waals surface area contributed by atoms with Crippen LogP contribution in [0.4, 0.5) is 5.69 Å². The lowest BCUT2D eigenvalue weighted by molar-refractivity contribution is 0.102. The number of amides is 1. The van der Waals surface area contributed by atoms with E-state index in [9.17, 15) is 13.2 Å². The SMILES string of the molecule is O=C(Nc1cccc(S(=O)(=O)N2CCCC2)c1)c1n[nH]c2c1CCCC2. The minimum atomic E-state index is -3.50. The molecular weight excluding hydrogens is 352 g/mol. The molecule has 1 aliphatic heterocycles. The Hall–Kier alpha value is -2.19. The minimum absolute atomic E-state index is 0.209. The average molecular weight is 374 g/mol. The Morgan fingerprint density at radius 1 is 1.12 bits per heavy atom. The number of aromatic amines is 1. The fourth-order valence-corrected chi connectivity index (χ4v) is 5.23. The van der Waals surface area contributed by atoms with Gasteiger partial charge in [-0.1, -0.05) is 6.07 Å². The number of carbonyl (C=O) groups is 1. The van der Waals surface area contributed by atoms with Crippen molar-refractivity contribution in [2.24, 2.45) is 0 Å². The highest BCUT2D eigenvalue weighted by molar-refractivity contribution is 7.89. The Morgan fingerprint density at radius 3 is 2.69 bits per heavy atom. The Bertz CT molecular complexity index is 930. The maximum absolute atomic E-state index is 12.7. The molecule has 4 rings (SSSR count). The predicted octanol–water partition coefficient (Wildman–Crippen LogP) is 2.33. The van der Waals surface area contributed by atoms with E-state index < -0.39 is 10.0 Å². The van der Waals surface area contributed by atoms with Gasteiger partial charge in [0.1, 0.15) is 0 Å². The van der Waals surface area contributed by atoms with Crippen molar-refractivity contribution in [3.8, 4) is 0 Å². The number of H-pyrrole nitrogens is 1. The van der Waals surface area contributed by atoms with E-state index in [-0.39, 0.29) is 10.8 Å². The molecule has 2 aromatic rings. The summed E-state index contributed by atoms with van der Waals surface area (Å²) in [6, 6.07) is 6.43. The Balaban J connectivity index is 1.56.